The molecule has 2 aromatic carbocycles. The lowest BCUT2D eigenvalue weighted by Gasteiger charge is -2.22. The predicted molar refractivity (Wildman–Crippen MR) is 110 cm³/mol. The van der Waals surface area contributed by atoms with Gasteiger partial charge in [0.1, 0.15) is 5.75 Å². The van der Waals surface area contributed by atoms with Crippen LogP contribution in [-0.4, -0.2) is 41.3 Å². The molecule has 0 atom stereocenters. The summed E-state index contributed by atoms with van der Waals surface area (Å²) < 4.78 is 5.48. The van der Waals surface area contributed by atoms with Crippen molar-refractivity contribution in [3.63, 3.8) is 0 Å². The van der Waals surface area contributed by atoms with Gasteiger partial charge in [-0.15, -0.1) is 0 Å². The maximum absolute atomic E-state index is 12.5. The topological polar surface area (TPSA) is 102 Å². The summed E-state index contributed by atoms with van der Waals surface area (Å²) >= 11 is 0. The standard InChI is InChI=1S/C21H25N3O5/c1-4-11-23(13-20(25)22-18-8-6-5-7-15(18)2)21(26)14-29-17-9-10-19(24(27)28)16(3)12-17/h5-10,12H,4,11,13-14H2,1-3H3,(H,22,25). The molecule has 8 nitrogen and oxygen atoms in total. The van der Waals surface area contributed by atoms with Crippen LogP contribution in [0.5, 0.6) is 5.75 Å². The number of para-hydroxylation sites is 1. The molecule has 0 saturated heterocycles. The van der Waals surface area contributed by atoms with E-state index in [4.69, 9.17) is 4.74 Å². The number of nitrogens with zero attached hydrogens (tertiary/aromatic N) is 2. The van der Waals surface area contributed by atoms with Crippen LogP contribution in [0.3, 0.4) is 0 Å². The van der Waals surface area contributed by atoms with E-state index in [0.29, 0.717) is 30.0 Å². The fourth-order valence-corrected chi connectivity index (χ4v) is 2.80. The van der Waals surface area contributed by atoms with Crippen LogP contribution in [0, 0.1) is 24.0 Å². The Hall–Kier alpha value is -3.42. The maximum atomic E-state index is 12.5. The lowest BCUT2D eigenvalue weighted by Crippen LogP contribution is -2.41. The van der Waals surface area contributed by atoms with Crippen LogP contribution in [0.4, 0.5) is 11.4 Å². The molecule has 0 fully saturated rings. The number of carbonyl (C=O) groups is 2. The minimum Gasteiger partial charge on any atom is -0.484 e. The summed E-state index contributed by atoms with van der Waals surface area (Å²) in [6, 6.07) is 11.7. The quantitative estimate of drug-likeness (QED) is 0.514. The van der Waals surface area contributed by atoms with Crippen LogP contribution in [0.25, 0.3) is 0 Å². The number of aryl methyl sites for hydroxylation is 2. The van der Waals surface area contributed by atoms with Crippen molar-refractivity contribution in [2.75, 3.05) is 25.0 Å². The van der Waals surface area contributed by atoms with Gasteiger partial charge in [0.15, 0.2) is 6.61 Å². The third kappa shape index (κ3) is 6.31. The number of amides is 2. The molecule has 0 heterocycles. The Bertz CT molecular complexity index is 898. The van der Waals surface area contributed by atoms with Crippen molar-refractivity contribution in [1.82, 2.24) is 4.90 Å². The zero-order chi connectivity index (χ0) is 21.4. The number of anilines is 1. The fraction of sp³-hybridized carbons (Fsp3) is 0.333. The Morgan fingerprint density at radius 3 is 2.48 bits per heavy atom. The first-order chi connectivity index (χ1) is 13.8. The van der Waals surface area contributed by atoms with Gasteiger partial charge in [-0.25, -0.2) is 0 Å². The molecule has 1 N–H and O–H groups in total. The van der Waals surface area contributed by atoms with Gasteiger partial charge in [0.25, 0.3) is 11.6 Å². The van der Waals surface area contributed by atoms with Crippen molar-refractivity contribution in [3.8, 4) is 5.75 Å². The minimum atomic E-state index is -0.472. The third-order valence-corrected chi connectivity index (χ3v) is 4.33. The zero-order valence-corrected chi connectivity index (χ0v) is 16.8. The SMILES string of the molecule is CCCN(CC(=O)Nc1ccccc1C)C(=O)COc1ccc([N+](=O)[O-])c(C)c1. The number of nitro groups is 1. The highest BCUT2D eigenvalue weighted by atomic mass is 16.6. The summed E-state index contributed by atoms with van der Waals surface area (Å²) in [7, 11) is 0. The van der Waals surface area contributed by atoms with Gasteiger partial charge >= 0.3 is 0 Å². The highest BCUT2D eigenvalue weighted by Crippen LogP contribution is 2.23. The van der Waals surface area contributed by atoms with Crippen LogP contribution >= 0.6 is 0 Å². The summed E-state index contributed by atoms with van der Waals surface area (Å²) in [4.78, 5) is 36.7. The Morgan fingerprint density at radius 1 is 1.14 bits per heavy atom. The van der Waals surface area contributed by atoms with Gasteiger partial charge in [-0.3, -0.25) is 19.7 Å². The van der Waals surface area contributed by atoms with Gasteiger partial charge in [-0.05, 0) is 44.0 Å². The number of carbonyl (C=O) groups excluding carboxylic acids is 2. The van der Waals surface area contributed by atoms with Gasteiger partial charge in [0, 0.05) is 23.9 Å². The van der Waals surface area contributed by atoms with Gasteiger partial charge in [-0.2, -0.15) is 0 Å². The number of ether oxygens (including phenoxy) is 1. The van der Waals surface area contributed by atoms with E-state index in [1.165, 1.54) is 23.1 Å². The van der Waals surface area contributed by atoms with Gasteiger partial charge < -0.3 is 15.0 Å². The van der Waals surface area contributed by atoms with Gasteiger partial charge in [0.2, 0.25) is 5.91 Å². The van der Waals surface area contributed by atoms with Crippen molar-refractivity contribution in [2.24, 2.45) is 0 Å². The van der Waals surface area contributed by atoms with Crippen molar-refractivity contribution < 1.29 is 19.2 Å². The van der Waals surface area contributed by atoms with Crippen molar-refractivity contribution >= 4 is 23.2 Å². The molecule has 0 spiro atoms. The van der Waals surface area contributed by atoms with E-state index in [1.807, 2.05) is 32.0 Å². The van der Waals surface area contributed by atoms with Crippen molar-refractivity contribution in [1.29, 1.82) is 0 Å². The average molecular weight is 399 g/mol. The fourth-order valence-electron chi connectivity index (χ4n) is 2.80. The predicted octanol–water partition coefficient (Wildman–Crippen LogP) is 3.47. The maximum Gasteiger partial charge on any atom is 0.272 e. The van der Waals surface area contributed by atoms with Gasteiger partial charge in [-0.1, -0.05) is 25.1 Å². The first-order valence-corrected chi connectivity index (χ1v) is 9.33. The number of nitrogens with one attached hydrogen (secondary N) is 1. The van der Waals surface area contributed by atoms with Crippen molar-refractivity contribution in [3.05, 3.63) is 63.7 Å². The minimum absolute atomic E-state index is 0.0100. The summed E-state index contributed by atoms with van der Waals surface area (Å²) in [5.74, 6) is -0.252. The Morgan fingerprint density at radius 2 is 1.86 bits per heavy atom. The zero-order valence-electron chi connectivity index (χ0n) is 16.8. The van der Waals surface area contributed by atoms with E-state index in [-0.39, 0.29) is 30.7 Å². The molecule has 0 aromatic heterocycles. The highest BCUT2D eigenvalue weighted by Gasteiger charge is 2.18. The average Bonchev–Trinajstić information content (AvgIpc) is 2.67. The van der Waals surface area contributed by atoms with E-state index >= 15 is 0 Å². The molecule has 0 bridgehead atoms. The monoisotopic (exact) mass is 399 g/mol. The molecule has 0 aliphatic heterocycles. The Balaban J connectivity index is 1.96. The summed E-state index contributed by atoms with van der Waals surface area (Å²) in [5.41, 5.74) is 2.08. The molecule has 2 aromatic rings. The number of rotatable bonds is 9. The summed E-state index contributed by atoms with van der Waals surface area (Å²) in [6.07, 6.45) is 0.694. The smallest absolute Gasteiger partial charge is 0.272 e. The molecule has 0 aliphatic carbocycles. The number of nitro benzene ring substituents is 1. The lowest BCUT2D eigenvalue weighted by molar-refractivity contribution is -0.385. The number of hydrogen-bond acceptors (Lipinski definition) is 5. The molecule has 0 radical (unpaired) electrons. The second-order valence-corrected chi connectivity index (χ2v) is 6.67. The number of benzene rings is 2. The highest BCUT2D eigenvalue weighted by molar-refractivity contribution is 5.95. The van der Waals surface area contributed by atoms with Crippen molar-refractivity contribution in [2.45, 2.75) is 27.2 Å². The molecule has 154 valence electrons. The second kappa shape index (κ2) is 10.2. The van der Waals surface area contributed by atoms with Gasteiger partial charge in [0.05, 0.1) is 11.5 Å². The Kier molecular flexibility index (Phi) is 7.70. The molecular weight excluding hydrogens is 374 g/mol. The molecule has 2 rings (SSSR count). The molecule has 29 heavy (non-hydrogen) atoms. The summed E-state index contributed by atoms with van der Waals surface area (Å²) in [5, 5.41) is 13.7. The third-order valence-electron chi connectivity index (χ3n) is 4.33. The van der Waals surface area contributed by atoms with E-state index in [9.17, 15) is 19.7 Å². The normalized spacial score (nSPS) is 10.3. The molecule has 0 unspecified atom stereocenters. The first kappa shape index (κ1) is 21.9. The van der Waals surface area contributed by atoms with Crippen LogP contribution in [0.15, 0.2) is 42.5 Å². The molecule has 2 amide bonds. The van der Waals surface area contributed by atoms with Crippen LogP contribution in [-0.2, 0) is 9.59 Å². The number of hydrogen-bond donors (Lipinski definition) is 1. The molecular formula is C21H25N3O5. The second-order valence-electron chi connectivity index (χ2n) is 6.67. The molecule has 0 aliphatic rings. The largest absolute Gasteiger partial charge is 0.484 e. The van der Waals surface area contributed by atoms with Crippen LogP contribution < -0.4 is 10.1 Å². The van der Waals surface area contributed by atoms with E-state index in [0.717, 1.165) is 5.56 Å². The van der Waals surface area contributed by atoms with E-state index < -0.39 is 4.92 Å². The van der Waals surface area contributed by atoms with Crippen LogP contribution in [0.1, 0.15) is 24.5 Å². The molecule has 8 heteroatoms. The van der Waals surface area contributed by atoms with E-state index in [1.54, 1.807) is 13.0 Å². The van der Waals surface area contributed by atoms with E-state index in [2.05, 4.69) is 5.32 Å². The Labute approximate surface area is 169 Å². The first-order valence-electron chi connectivity index (χ1n) is 9.33. The van der Waals surface area contributed by atoms with Crippen LogP contribution in [0.2, 0.25) is 0 Å². The lowest BCUT2D eigenvalue weighted by atomic mass is 10.2. The molecule has 0 saturated carbocycles. The summed E-state index contributed by atoms with van der Waals surface area (Å²) in [6.45, 7) is 5.50.